The van der Waals surface area contributed by atoms with Crippen molar-refractivity contribution in [2.45, 2.75) is 19.9 Å². The number of benzene rings is 1. The quantitative estimate of drug-likeness (QED) is 0.810. The van der Waals surface area contributed by atoms with Crippen molar-refractivity contribution in [3.63, 3.8) is 0 Å². The third kappa shape index (κ3) is 3.12. The van der Waals surface area contributed by atoms with Gasteiger partial charge in [-0.25, -0.2) is 0 Å². The second kappa shape index (κ2) is 5.85. The average Bonchev–Trinajstić information content (AvgIpc) is 2.46. The summed E-state index contributed by atoms with van der Waals surface area (Å²) < 4.78 is 0. The molecule has 0 N–H and O–H groups in total. The zero-order chi connectivity index (χ0) is 13.8. The summed E-state index contributed by atoms with van der Waals surface area (Å²) in [6, 6.07) is 9.44. The first-order chi connectivity index (χ1) is 9.11. The fourth-order valence-electron chi connectivity index (χ4n) is 2.31. The summed E-state index contributed by atoms with van der Waals surface area (Å²) >= 11 is 0. The molecule has 100 valence electrons. The van der Waals surface area contributed by atoms with Crippen LogP contribution in [0, 0.1) is 11.3 Å². The topological polar surface area (TPSA) is 47.3 Å². The standard InChI is InChI=1S/C15H19N3O/c1-12(2)17-7-9-18(10-8-17)15(19)14-5-3-13(11-16)4-6-14/h3-6,12H,7-10H2,1-2H3. The van der Waals surface area contributed by atoms with Gasteiger partial charge in [-0.2, -0.15) is 5.26 Å². The summed E-state index contributed by atoms with van der Waals surface area (Å²) in [5.41, 5.74) is 1.25. The van der Waals surface area contributed by atoms with Gasteiger partial charge in [0.2, 0.25) is 0 Å². The fraction of sp³-hybridized carbons (Fsp3) is 0.467. The molecule has 0 aliphatic carbocycles. The Kier molecular flexibility index (Phi) is 4.18. The van der Waals surface area contributed by atoms with Gasteiger partial charge in [0.05, 0.1) is 11.6 Å². The Bertz CT molecular complexity index is 479. The van der Waals surface area contributed by atoms with E-state index >= 15 is 0 Å². The summed E-state index contributed by atoms with van der Waals surface area (Å²) in [5.74, 6) is 0.0629. The van der Waals surface area contributed by atoms with Crippen LogP contribution >= 0.6 is 0 Å². The van der Waals surface area contributed by atoms with E-state index in [-0.39, 0.29) is 5.91 Å². The number of amides is 1. The van der Waals surface area contributed by atoms with Gasteiger partial charge < -0.3 is 4.90 Å². The molecule has 19 heavy (non-hydrogen) atoms. The van der Waals surface area contributed by atoms with E-state index < -0.39 is 0 Å². The zero-order valence-corrected chi connectivity index (χ0v) is 11.5. The van der Waals surface area contributed by atoms with Crippen LogP contribution in [0.1, 0.15) is 29.8 Å². The summed E-state index contributed by atoms with van der Waals surface area (Å²) in [7, 11) is 0. The molecule has 1 aliphatic heterocycles. The molecule has 1 saturated heterocycles. The lowest BCUT2D eigenvalue weighted by atomic mass is 10.1. The highest BCUT2D eigenvalue weighted by Crippen LogP contribution is 2.11. The third-order valence-corrected chi connectivity index (χ3v) is 3.59. The number of nitriles is 1. The predicted molar refractivity (Wildman–Crippen MR) is 73.8 cm³/mol. The van der Waals surface area contributed by atoms with Crippen LogP contribution in [-0.4, -0.2) is 47.9 Å². The first kappa shape index (κ1) is 13.6. The molecule has 1 heterocycles. The minimum Gasteiger partial charge on any atom is -0.336 e. The van der Waals surface area contributed by atoms with Gasteiger partial charge in [0.15, 0.2) is 0 Å². The number of piperazine rings is 1. The smallest absolute Gasteiger partial charge is 0.253 e. The van der Waals surface area contributed by atoms with E-state index in [1.54, 1.807) is 24.3 Å². The number of carbonyl (C=O) groups is 1. The van der Waals surface area contributed by atoms with Gasteiger partial charge in [-0.1, -0.05) is 0 Å². The van der Waals surface area contributed by atoms with Crippen molar-refractivity contribution in [1.29, 1.82) is 5.26 Å². The van der Waals surface area contributed by atoms with Gasteiger partial charge in [0.25, 0.3) is 5.91 Å². The van der Waals surface area contributed by atoms with Gasteiger partial charge in [0, 0.05) is 37.8 Å². The van der Waals surface area contributed by atoms with Crippen LogP contribution in [0.25, 0.3) is 0 Å². The Balaban J connectivity index is 1.99. The minimum atomic E-state index is 0.0629. The molecule has 4 nitrogen and oxygen atoms in total. The van der Waals surface area contributed by atoms with Crippen molar-refractivity contribution in [3.8, 4) is 6.07 Å². The van der Waals surface area contributed by atoms with E-state index in [0.29, 0.717) is 17.2 Å². The molecule has 4 heteroatoms. The maximum atomic E-state index is 12.3. The predicted octanol–water partition coefficient (Wildman–Crippen LogP) is 1.72. The van der Waals surface area contributed by atoms with Crippen LogP contribution in [0.4, 0.5) is 0 Å². The highest BCUT2D eigenvalue weighted by molar-refractivity contribution is 5.94. The molecule has 0 bridgehead atoms. The summed E-state index contributed by atoms with van der Waals surface area (Å²) in [6.45, 7) is 7.77. The molecule has 0 saturated carbocycles. The van der Waals surface area contributed by atoms with E-state index in [1.165, 1.54) is 0 Å². The highest BCUT2D eigenvalue weighted by atomic mass is 16.2. The second-order valence-corrected chi connectivity index (χ2v) is 5.11. The van der Waals surface area contributed by atoms with Crippen LogP contribution in [-0.2, 0) is 0 Å². The Morgan fingerprint density at radius 3 is 2.21 bits per heavy atom. The molecule has 1 aromatic carbocycles. The van der Waals surface area contributed by atoms with Gasteiger partial charge in [-0.3, -0.25) is 9.69 Å². The average molecular weight is 257 g/mol. The lowest BCUT2D eigenvalue weighted by molar-refractivity contribution is 0.0595. The number of hydrogen-bond acceptors (Lipinski definition) is 3. The number of carbonyl (C=O) groups excluding carboxylic acids is 1. The van der Waals surface area contributed by atoms with Crippen molar-refractivity contribution in [2.24, 2.45) is 0 Å². The first-order valence-corrected chi connectivity index (χ1v) is 6.65. The lowest BCUT2D eigenvalue weighted by Gasteiger charge is -2.36. The molecule has 1 amide bonds. The van der Waals surface area contributed by atoms with E-state index in [0.717, 1.165) is 26.2 Å². The molecule has 2 rings (SSSR count). The molecule has 0 spiro atoms. The van der Waals surface area contributed by atoms with E-state index in [4.69, 9.17) is 5.26 Å². The van der Waals surface area contributed by atoms with Crippen LogP contribution in [0.15, 0.2) is 24.3 Å². The fourth-order valence-corrected chi connectivity index (χ4v) is 2.31. The molecule has 0 aromatic heterocycles. The second-order valence-electron chi connectivity index (χ2n) is 5.11. The Morgan fingerprint density at radius 1 is 1.16 bits per heavy atom. The normalized spacial score (nSPS) is 16.4. The molecular weight excluding hydrogens is 238 g/mol. The third-order valence-electron chi connectivity index (χ3n) is 3.59. The van der Waals surface area contributed by atoms with Crippen molar-refractivity contribution >= 4 is 5.91 Å². The lowest BCUT2D eigenvalue weighted by Crippen LogP contribution is -2.50. The largest absolute Gasteiger partial charge is 0.336 e. The Morgan fingerprint density at radius 2 is 1.74 bits per heavy atom. The first-order valence-electron chi connectivity index (χ1n) is 6.65. The van der Waals surface area contributed by atoms with Crippen LogP contribution in [0.2, 0.25) is 0 Å². The molecule has 1 fully saturated rings. The molecule has 0 unspecified atom stereocenters. The van der Waals surface area contributed by atoms with Crippen molar-refractivity contribution in [3.05, 3.63) is 35.4 Å². The van der Waals surface area contributed by atoms with Gasteiger partial charge in [-0.15, -0.1) is 0 Å². The highest BCUT2D eigenvalue weighted by Gasteiger charge is 2.23. The van der Waals surface area contributed by atoms with Crippen molar-refractivity contribution in [2.75, 3.05) is 26.2 Å². The molecule has 0 radical (unpaired) electrons. The van der Waals surface area contributed by atoms with Crippen molar-refractivity contribution < 1.29 is 4.79 Å². The zero-order valence-electron chi connectivity index (χ0n) is 11.5. The summed E-state index contributed by atoms with van der Waals surface area (Å²) in [4.78, 5) is 16.6. The molecular formula is C15H19N3O. The van der Waals surface area contributed by atoms with Crippen LogP contribution < -0.4 is 0 Å². The Labute approximate surface area is 114 Å². The van der Waals surface area contributed by atoms with Gasteiger partial charge in [-0.05, 0) is 38.1 Å². The minimum absolute atomic E-state index is 0.0629. The molecule has 1 aliphatic rings. The van der Waals surface area contributed by atoms with E-state index in [9.17, 15) is 4.79 Å². The monoisotopic (exact) mass is 257 g/mol. The van der Waals surface area contributed by atoms with E-state index in [2.05, 4.69) is 24.8 Å². The maximum absolute atomic E-state index is 12.3. The van der Waals surface area contributed by atoms with Crippen LogP contribution in [0.3, 0.4) is 0 Å². The number of rotatable bonds is 2. The van der Waals surface area contributed by atoms with Gasteiger partial charge >= 0.3 is 0 Å². The molecule has 1 aromatic rings. The van der Waals surface area contributed by atoms with E-state index in [1.807, 2.05) is 4.90 Å². The summed E-state index contributed by atoms with van der Waals surface area (Å²) in [5, 5.41) is 8.75. The summed E-state index contributed by atoms with van der Waals surface area (Å²) in [6.07, 6.45) is 0. The van der Waals surface area contributed by atoms with Crippen LogP contribution in [0.5, 0.6) is 0 Å². The number of hydrogen-bond donors (Lipinski definition) is 0. The maximum Gasteiger partial charge on any atom is 0.253 e. The Hall–Kier alpha value is -1.86. The van der Waals surface area contributed by atoms with Crippen molar-refractivity contribution in [1.82, 2.24) is 9.80 Å². The van der Waals surface area contributed by atoms with Gasteiger partial charge in [0.1, 0.15) is 0 Å². The SMILES string of the molecule is CC(C)N1CCN(C(=O)c2ccc(C#N)cc2)CC1. The molecule has 0 atom stereocenters. The number of nitrogens with zero attached hydrogens (tertiary/aromatic N) is 3.